The average molecular weight is 398 g/mol. The van der Waals surface area contributed by atoms with E-state index in [0.29, 0.717) is 0 Å². The zero-order valence-electron chi connectivity index (χ0n) is 13.1. The van der Waals surface area contributed by atoms with Crippen LogP contribution in [0.1, 0.15) is 6.92 Å². The van der Waals surface area contributed by atoms with Crippen molar-refractivity contribution < 1.29 is 64.4 Å². The maximum Gasteiger partial charge on any atom is 0.490 e. The highest BCUT2D eigenvalue weighted by Crippen LogP contribution is 2.29. The zero-order chi connectivity index (χ0) is 20.3. The molecule has 150 valence electrons. The molecule has 1 rings (SSSR count). The zero-order valence-corrected chi connectivity index (χ0v) is 13.1. The lowest BCUT2D eigenvalue weighted by Gasteiger charge is -2.39. The average Bonchev–Trinajstić information content (AvgIpc) is 2.47. The van der Waals surface area contributed by atoms with Gasteiger partial charge in [0.05, 0.1) is 6.61 Å². The molecule has 1 fully saturated rings. The second-order valence-corrected chi connectivity index (χ2v) is 4.82. The molecule has 1 aliphatic heterocycles. The molecule has 14 heteroatoms. The van der Waals surface area contributed by atoms with E-state index < -0.39 is 61.5 Å². The lowest BCUT2D eigenvalue weighted by Crippen LogP contribution is -2.59. The molecule has 0 radical (unpaired) electrons. The fraction of sp³-hybridized carbons (Fsp3) is 0.750. The third-order valence-electron chi connectivity index (χ3n) is 2.88. The van der Waals surface area contributed by atoms with Gasteiger partial charge in [-0.15, -0.1) is 0 Å². The summed E-state index contributed by atoms with van der Waals surface area (Å²) in [6.45, 7) is -0.0547. The van der Waals surface area contributed by atoms with Gasteiger partial charge in [-0.2, -0.15) is 26.3 Å². The predicted molar refractivity (Wildman–Crippen MR) is 64.2 cm³/mol. The van der Waals surface area contributed by atoms with Crippen molar-refractivity contribution in [3.63, 3.8) is 0 Å². The van der Waals surface area contributed by atoms with Crippen LogP contribution < -0.4 is 0 Å². The van der Waals surface area contributed by atoms with Gasteiger partial charge in [-0.25, -0.2) is 9.59 Å². The molecule has 0 aromatic carbocycles. The second kappa shape index (κ2) is 8.07. The van der Waals surface area contributed by atoms with Crippen molar-refractivity contribution >= 4 is 17.9 Å². The summed E-state index contributed by atoms with van der Waals surface area (Å²) in [6.07, 6.45) is -18.8. The topological polar surface area (TPSA) is 97.4 Å². The molecule has 0 N–H and O–H groups in total. The molecule has 0 amide bonds. The maximum absolute atomic E-state index is 12.4. The predicted octanol–water partition coefficient (Wildman–Crippen LogP) is 0.869. The van der Waals surface area contributed by atoms with Crippen LogP contribution in [0.4, 0.5) is 26.3 Å². The van der Waals surface area contributed by atoms with E-state index in [2.05, 4.69) is 18.9 Å². The van der Waals surface area contributed by atoms with E-state index in [9.17, 15) is 40.7 Å². The van der Waals surface area contributed by atoms with E-state index >= 15 is 0 Å². The third-order valence-corrected chi connectivity index (χ3v) is 2.88. The number of halogens is 6. The molecule has 0 aromatic rings. The minimum absolute atomic E-state index is 0.780. The molecular formula is C12H12F6O8. The van der Waals surface area contributed by atoms with Crippen LogP contribution in [-0.4, -0.2) is 68.6 Å². The molecule has 0 aliphatic carbocycles. The number of methoxy groups -OCH3 is 1. The van der Waals surface area contributed by atoms with Crippen LogP contribution in [0.2, 0.25) is 0 Å². The van der Waals surface area contributed by atoms with E-state index in [1.807, 2.05) is 0 Å². The molecule has 0 spiro atoms. The van der Waals surface area contributed by atoms with Crippen molar-refractivity contribution in [2.24, 2.45) is 0 Å². The van der Waals surface area contributed by atoms with Crippen LogP contribution in [0, 0.1) is 0 Å². The lowest BCUT2D eigenvalue weighted by atomic mass is 10.0. The Kier molecular flexibility index (Phi) is 6.82. The summed E-state index contributed by atoms with van der Waals surface area (Å²) in [4.78, 5) is 33.1. The van der Waals surface area contributed by atoms with Crippen molar-refractivity contribution in [2.45, 2.75) is 43.9 Å². The SMILES string of the molecule is CO[C@@H]1OC[C@@H](OC(=O)C(F)(F)F)[C@H](OC(C)=O)[C@H]1OC(=O)C(F)(F)F. The van der Waals surface area contributed by atoms with Crippen molar-refractivity contribution in [1.29, 1.82) is 0 Å². The van der Waals surface area contributed by atoms with Crippen LogP contribution in [-0.2, 0) is 38.1 Å². The Hall–Kier alpha value is -2.09. The minimum atomic E-state index is -5.46. The smallest absolute Gasteiger partial charge is 0.454 e. The van der Waals surface area contributed by atoms with Crippen molar-refractivity contribution in [3.05, 3.63) is 0 Å². The molecule has 1 saturated heterocycles. The normalized spacial score (nSPS) is 26.8. The minimum Gasteiger partial charge on any atom is -0.454 e. The number of alkyl halides is 6. The summed E-state index contributed by atoms with van der Waals surface area (Å²) >= 11 is 0. The summed E-state index contributed by atoms with van der Waals surface area (Å²) in [5, 5.41) is 0. The first kappa shape index (κ1) is 22.0. The Morgan fingerprint density at radius 1 is 0.885 bits per heavy atom. The van der Waals surface area contributed by atoms with Crippen LogP contribution in [0.5, 0.6) is 0 Å². The molecule has 0 saturated carbocycles. The van der Waals surface area contributed by atoms with Gasteiger partial charge in [-0.05, 0) is 0 Å². The van der Waals surface area contributed by atoms with Gasteiger partial charge in [-0.1, -0.05) is 0 Å². The highest BCUT2D eigenvalue weighted by atomic mass is 19.4. The highest BCUT2D eigenvalue weighted by molar-refractivity contribution is 5.76. The Bertz CT molecular complexity index is 545. The van der Waals surface area contributed by atoms with Crippen molar-refractivity contribution in [3.8, 4) is 0 Å². The Balaban J connectivity index is 3.11. The third kappa shape index (κ3) is 5.72. The first-order valence-corrected chi connectivity index (χ1v) is 6.64. The highest BCUT2D eigenvalue weighted by Gasteiger charge is 2.53. The monoisotopic (exact) mass is 398 g/mol. The Morgan fingerprint density at radius 3 is 1.81 bits per heavy atom. The summed E-state index contributed by atoms with van der Waals surface area (Å²) in [7, 11) is 0.923. The first-order valence-electron chi connectivity index (χ1n) is 6.64. The molecule has 0 bridgehead atoms. The molecule has 4 atom stereocenters. The number of esters is 3. The maximum atomic E-state index is 12.4. The molecule has 1 aliphatic rings. The number of hydrogen-bond acceptors (Lipinski definition) is 8. The van der Waals surface area contributed by atoms with Gasteiger partial charge in [0.15, 0.2) is 24.6 Å². The standard InChI is InChI=1S/C12H12F6O8/c1-4(19)24-6-5(25-9(20)11(13,14)15)3-23-8(22-2)7(6)26-10(21)12(16,17)18/h5-8H,3H2,1-2H3/t5-,6+,7-,8-/m1/s1. The van der Waals surface area contributed by atoms with Crippen molar-refractivity contribution in [2.75, 3.05) is 13.7 Å². The van der Waals surface area contributed by atoms with Gasteiger partial charge in [0.2, 0.25) is 0 Å². The van der Waals surface area contributed by atoms with Gasteiger partial charge in [0.1, 0.15) is 0 Å². The van der Waals surface area contributed by atoms with E-state index in [1.54, 1.807) is 0 Å². The molecule has 0 aromatic heterocycles. The van der Waals surface area contributed by atoms with Crippen molar-refractivity contribution in [1.82, 2.24) is 0 Å². The van der Waals surface area contributed by atoms with E-state index in [1.165, 1.54) is 0 Å². The van der Waals surface area contributed by atoms with Gasteiger partial charge in [-0.3, -0.25) is 4.79 Å². The molecule has 1 heterocycles. The van der Waals surface area contributed by atoms with Crippen LogP contribution in [0.15, 0.2) is 0 Å². The first-order chi connectivity index (χ1) is 11.8. The number of carbonyl (C=O) groups is 3. The largest absolute Gasteiger partial charge is 0.490 e. The van der Waals surface area contributed by atoms with Gasteiger partial charge >= 0.3 is 30.3 Å². The molecular weight excluding hydrogens is 386 g/mol. The Morgan fingerprint density at radius 2 is 1.38 bits per heavy atom. The van der Waals surface area contributed by atoms with E-state index in [0.717, 1.165) is 14.0 Å². The second-order valence-electron chi connectivity index (χ2n) is 4.82. The number of ether oxygens (including phenoxy) is 5. The summed E-state index contributed by atoms with van der Waals surface area (Å²) in [6, 6.07) is 0. The van der Waals surface area contributed by atoms with Gasteiger partial charge in [0, 0.05) is 14.0 Å². The van der Waals surface area contributed by atoms with Crippen LogP contribution in [0.25, 0.3) is 0 Å². The molecule has 0 unspecified atom stereocenters. The fourth-order valence-electron chi connectivity index (χ4n) is 1.90. The van der Waals surface area contributed by atoms with Gasteiger partial charge < -0.3 is 23.7 Å². The summed E-state index contributed by atoms with van der Waals surface area (Å²) in [5.74, 6) is -6.61. The van der Waals surface area contributed by atoms with E-state index in [4.69, 9.17) is 4.74 Å². The summed E-state index contributed by atoms with van der Waals surface area (Å²) < 4.78 is 96.3. The quantitative estimate of drug-likeness (QED) is 0.391. The van der Waals surface area contributed by atoms with Crippen LogP contribution >= 0.6 is 0 Å². The van der Waals surface area contributed by atoms with E-state index in [-0.39, 0.29) is 0 Å². The Labute approximate surface area is 141 Å². The number of hydrogen-bond donors (Lipinski definition) is 0. The number of carbonyl (C=O) groups excluding carboxylic acids is 3. The number of rotatable bonds is 4. The van der Waals surface area contributed by atoms with Gasteiger partial charge in [0.25, 0.3) is 0 Å². The fourth-order valence-corrected chi connectivity index (χ4v) is 1.90. The van der Waals surface area contributed by atoms with Crippen LogP contribution in [0.3, 0.4) is 0 Å². The molecule has 8 nitrogen and oxygen atoms in total. The lowest BCUT2D eigenvalue weighted by molar-refractivity contribution is -0.288. The summed E-state index contributed by atoms with van der Waals surface area (Å²) in [5.41, 5.74) is 0. The molecule has 26 heavy (non-hydrogen) atoms.